The molecular weight excluding hydrogens is 228 g/mol. The van der Waals surface area contributed by atoms with Gasteiger partial charge in [0.1, 0.15) is 17.8 Å². The SMILES string of the molecule is CCCCNc1cc(C(=O)N2CCCC2)ncn1. The van der Waals surface area contributed by atoms with Crippen LogP contribution in [0.4, 0.5) is 5.82 Å². The molecular formula is C13H20N4O. The van der Waals surface area contributed by atoms with E-state index in [-0.39, 0.29) is 5.91 Å². The van der Waals surface area contributed by atoms with E-state index in [1.165, 1.54) is 6.33 Å². The second-order valence-corrected chi connectivity index (χ2v) is 4.57. The highest BCUT2D eigenvalue weighted by Gasteiger charge is 2.20. The van der Waals surface area contributed by atoms with Crippen LogP contribution in [0.1, 0.15) is 43.1 Å². The smallest absolute Gasteiger partial charge is 0.272 e. The van der Waals surface area contributed by atoms with E-state index in [4.69, 9.17) is 0 Å². The molecule has 0 bridgehead atoms. The third-order valence-corrected chi connectivity index (χ3v) is 3.12. The number of likely N-dealkylation sites (tertiary alicyclic amines) is 1. The number of aromatic nitrogens is 2. The van der Waals surface area contributed by atoms with Gasteiger partial charge in [0.25, 0.3) is 5.91 Å². The number of hydrogen-bond acceptors (Lipinski definition) is 4. The molecule has 1 amide bonds. The van der Waals surface area contributed by atoms with Crippen LogP contribution < -0.4 is 5.32 Å². The summed E-state index contributed by atoms with van der Waals surface area (Å²) < 4.78 is 0. The van der Waals surface area contributed by atoms with Crippen molar-refractivity contribution in [3.63, 3.8) is 0 Å². The van der Waals surface area contributed by atoms with Crippen molar-refractivity contribution in [1.82, 2.24) is 14.9 Å². The van der Waals surface area contributed by atoms with E-state index >= 15 is 0 Å². The maximum absolute atomic E-state index is 12.1. The molecule has 0 spiro atoms. The maximum Gasteiger partial charge on any atom is 0.272 e. The molecule has 0 aliphatic carbocycles. The summed E-state index contributed by atoms with van der Waals surface area (Å²) >= 11 is 0. The summed E-state index contributed by atoms with van der Waals surface area (Å²) in [5.74, 6) is 0.759. The van der Waals surface area contributed by atoms with Crippen molar-refractivity contribution in [3.05, 3.63) is 18.1 Å². The van der Waals surface area contributed by atoms with Crippen LogP contribution in [0.2, 0.25) is 0 Å². The normalized spacial score (nSPS) is 14.8. The van der Waals surface area contributed by atoms with Gasteiger partial charge in [0, 0.05) is 25.7 Å². The largest absolute Gasteiger partial charge is 0.370 e. The molecule has 2 rings (SSSR count). The first kappa shape index (κ1) is 12.8. The summed E-state index contributed by atoms with van der Waals surface area (Å²) in [5.41, 5.74) is 0.492. The van der Waals surface area contributed by atoms with E-state index in [9.17, 15) is 4.79 Å². The van der Waals surface area contributed by atoms with Gasteiger partial charge < -0.3 is 10.2 Å². The maximum atomic E-state index is 12.1. The molecule has 1 aliphatic heterocycles. The van der Waals surface area contributed by atoms with Gasteiger partial charge in [-0.25, -0.2) is 9.97 Å². The van der Waals surface area contributed by atoms with Crippen molar-refractivity contribution in [1.29, 1.82) is 0 Å². The Morgan fingerprint density at radius 2 is 2.17 bits per heavy atom. The fraction of sp³-hybridized carbons (Fsp3) is 0.615. The predicted octanol–water partition coefficient (Wildman–Crippen LogP) is 1.92. The fourth-order valence-electron chi connectivity index (χ4n) is 2.05. The van der Waals surface area contributed by atoms with E-state index in [1.807, 2.05) is 4.90 Å². The number of unbranched alkanes of at least 4 members (excludes halogenated alkanes) is 1. The van der Waals surface area contributed by atoms with Gasteiger partial charge in [0.2, 0.25) is 0 Å². The third kappa shape index (κ3) is 3.18. The van der Waals surface area contributed by atoms with Crippen molar-refractivity contribution in [2.75, 3.05) is 25.0 Å². The van der Waals surface area contributed by atoms with E-state index in [1.54, 1.807) is 6.07 Å². The van der Waals surface area contributed by atoms with Gasteiger partial charge in [-0.3, -0.25) is 4.79 Å². The number of amides is 1. The summed E-state index contributed by atoms with van der Waals surface area (Å²) in [6.07, 6.45) is 5.88. The van der Waals surface area contributed by atoms with Gasteiger partial charge in [-0.05, 0) is 19.3 Å². The molecule has 98 valence electrons. The lowest BCUT2D eigenvalue weighted by Crippen LogP contribution is -2.28. The van der Waals surface area contributed by atoms with Crippen LogP contribution in [0.3, 0.4) is 0 Å². The molecule has 0 saturated carbocycles. The summed E-state index contributed by atoms with van der Waals surface area (Å²) in [6, 6.07) is 1.75. The zero-order valence-corrected chi connectivity index (χ0v) is 10.9. The Kier molecular flexibility index (Phi) is 4.50. The van der Waals surface area contributed by atoms with E-state index in [0.717, 1.165) is 51.1 Å². The Balaban J connectivity index is 1.99. The van der Waals surface area contributed by atoms with Gasteiger partial charge in [-0.2, -0.15) is 0 Å². The second kappa shape index (κ2) is 6.33. The topological polar surface area (TPSA) is 58.1 Å². The quantitative estimate of drug-likeness (QED) is 0.809. The Labute approximate surface area is 108 Å². The lowest BCUT2D eigenvalue weighted by Gasteiger charge is -2.14. The highest BCUT2D eigenvalue weighted by Crippen LogP contribution is 2.13. The predicted molar refractivity (Wildman–Crippen MR) is 70.6 cm³/mol. The molecule has 0 unspecified atom stereocenters. The fourth-order valence-corrected chi connectivity index (χ4v) is 2.05. The first-order chi connectivity index (χ1) is 8.81. The number of carbonyl (C=O) groups excluding carboxylic acids is 1. The van der Waals surface area contributed by atoms with Crippen molar-refractivity contribution in [3.8, 4) is 0 Å². The zero-order valence-electron chi connectivity index (χ0n) is 10.9. The molecule has 1 fully saturated rings. The molecule has 0 radical (unpaired) electrons. The average Bonchev–Trinajstić information content (AvgIpc) is 2.92. The number of carbonyl (C=O) groups is 1. The number of nitrogens with one attached hydrogen (secondary N) is 1. The molecule has 5 heteroatoms. The van der Waals surface area contributed by atoms with Gasteiger partial charge >= 0.3 is 0 Å². The summed E-state index contributed by atoms with van der Waals surface area (Å²) in [5, 5.41) is 3.21. The highest BCUT2D eigenvalue weighted by molar-refractivity contribution is 5.93. The van der Waals surface area contributed by atoms with E-state index in [0.29, 0.717) is 5.69 Å². The molecule has 1 aromatic rings. The van der Waals surface area contributed by atoms with E-state index < -0.39 is 0 Å². The minimum absolute atomic E-state index is 0.0217. The first-order valence-electron chi connectivity index (χ1n) is 6.66. The number of rotatable bonds is 5. The van der Waals surface area contributed by atoms with Gasteiger partial charge in [-0.15, -0.1) is 0 Å². The lowest BCUT2D eigenvalue weighted by molar-refractivity contribution is 0.0787. The third-order valence-electron chi connectivity index (χ3n) is 3.12. The summed E-state index contributed by atoms with van der Waals surface area (Å²) in [4.78, 5) is 22.2. The molecule has 2 heterocycles. The van der Waals surface area contributed by atoms with Crippen LogP contribution in [0.5, 0.6) is 0 Å². The van der Waals surface area contributed by atoms with Crippen LogP contribution >= 0.6 is 0 Å². The molecule has 1 N–H and O–H groups in total. The second-order valence-electron chi connectivity index (χ2n) is 4.57. The molecule has 1 aromatic heterocycles. The minimum Gasteiger partial charge on any atom is -0.370 e. The Morgan fingerprint density at radius 3 is 2.89 bits per heavy atom. The highest BCUT2D eigenvalue weighted by atomic mass is 16.2. The number of anilines is 1. The number of nitrogens with zero attached hydrogens (tertiary/aromatic N) is 3. The van der Waals surface area contributed by atoms with Crippen molar-refractivity contribution < 1.29 is 4.79 Å². The van der Waals surface area contributed by atoms with Crippen LogP contribution in [0, 0.1) is 0 Å². The molecule has 0 atom stereocenters. The molecule has 5 nitrogen and oxygen atoms in total. The lowest BCUT2D eigenvalue weighted by atomic mass is 10.3. The summed E-state index contributed by atoms with van der Waals surface area (Å²) in [6.45, 7) is 4.72. The molecule has 0 aromatic carbocycles. The minimum atomic E-state index is 0.0217. The Bertz CT molecular complexity index is 402. The molecule has 1 saturated heterocycles. The van der Waals surface area contributed by atoms with E-state index in [2.05, 4.69) is 22.2 Å². The molecule has 18 heavy (non-hydrogen) atoms. The van der Waals surface area contributed by atoms with Crippen molar-refractivity contribution in [2.45, 2.75) is 32.6 Å². The van der Waals surface area contributed by atoms with Crippen LogP contribution in [-0.4, -0.2) is 40.4 Å². The Hall–Kier alpha value is -1.65. The molecule has 1 aliphatic rings. The van der Waals surface area contributed by atoms with Gasteiger partial charge in [0.15, 0.2) is 0 Å². The van der Waals surface area contributed by atoms with Gasteiger partial charge in [-0.1, -0.05) is 13.3 Å². The van der Waals surface area contributed by atoms with Crippen LogP contribution in [0.15, 0.2) is 12.4 Å². The monoisotopic (exact) mass is 248 g/mol. The van der Waals surface area contributed by atoms with Crippen LogP contribution in [0.25, 0.3) is 0 Å². The van der Waals surface area contributed by atoms with Crippen molar-refractivity contribution >= 4 is 11.7 Å². The average molecular weight is 248 g/mol. The van der Waals surface area contributed by atoms with Crippen molar-refractivity contribution in [2.24, 2.45) is 0 Å². The first-order valence-corrected chi connectivity index (χ1v) is 6.66. The Morgan fingerprint density at radius 1 is 1.39 bits per heavy atom. The number of hydrogen-bond donors (Lipinski definition) is 1. The zero-order chi connectivity index (χ0) is 12.8. The standard InChI is InChI=1S/C13H20N4O/c1-2-3-6-14-12-9-11(15-10-16-12)13(18)17-7-4-5-8-17/h9-10H,2-8H2,1H3,(H,14,15,16). The van der Waals surface area contributed by atoms with Gasteiger partial charge in [0.05, 0.1) is 0 Å². The summed E-state index contributed by atoms with van der Waals surface area (Å²) in [7, 11) is 0. The van der Waals surface area contributed by atoms with Crippen LogP contribution in [-0.2, 0) is 0 Å².